The van der Waals surface area contributed by atoms with E-state index in [2.05, 4.69) is 29.8 Å². The fourth-order valence-corrected chi connectivity index (χ4v) is 4.07. The van der Waals surface area contributed by atoms with Crippen LogP contribution in [-0.2, 0) is 11.2 Å². The number of benzene rings is 2. The smallest absolute Gasteiger partial charge is 0.152 e. The molecule has 2 aromatic carbocycles. The van der Waals surface area contributed by atoms with Crippen molar-refractivity contribution in [3.63, 3.8) is 0 Å². The Morgan fingerprint density at radius 3 is 2.81 bits per heavy atom. The molecule has 0 aliphatic carbocycles. The van der Waals surface area contributed by atoms with Gasteiger partial charge in [0.2, 0.25) is 0 Å². The second kappa shape index (κ2) is 9.67. The van der Waals surface area contributed by atoms with Crippen molar-refractivity contribution in [1.29, 1.82) is 5.26 Å². The van der Waals surface area contributed by atoms with Gasteiger partial charge in [-0.15, -0.1) is 11.3 Å². The molecule has 0 radical (unpaired) electrons. The number of quaternary nitrogens is 1. The topological polar surface area (TPSA) is 76.8 Å². The highest BCUT2D eigenvalue weighted by molar-refractivity contribution is 7.19. The van der Waals surface area contributed by atoms with Crippen molar-refractivity contribution < 1.29 is 22.9 Å². The third-order valence-electron chi connectivity index (χ3n) is 4.34. The molecule has 3 N–H and O–H groups in total. The van der Waals surface area contributed by atoms with Crippen LogP contribution in [0.5, 0.6) is 0 Å². The van der Waals surface area contributed by atoms with E-state index in [1.54, 1.807) is 18.4 Å². The quantitative estimate of drug-likeness (QED) is 0.592. The van der Waals surface area contributed by atoms with E-state index in [0.29, 0.717) is 12.2 Å². The van der Waals surface area contributed by atoms with Gasteiger partial charge in [0.1, 0.15) is 6.04 Å². The van der Waals surface area contributed by atoms with Crippen molar-refractivity contribution in [3.05, 3.63) is 58.6 Å². The molecule has 27 heavy (non-hydrogen) atoms. The van der Waals surface area contributed by atoms with Crippen LogP contribution in [-0.4, -0.2) is 32.3 Å². The second-order valence-corrected chi connectivity index (χ2v) is 7.34. The lowest BCUT2D eigenvalue weighted by Crippen LogP contribution is -3.00. The molecular formula is C20H23ClN4OS. The van der Waals surface area contributed by atoms with Crippen LogP contribution in [0.3, 0.4) is 0 Å². The monoisotopic (exact) mass is 402 g/mol. The third kappa shape index (κ3) is 4.96. The SMILES string of the molecule is COCCN(C)c1cccc2nc(C([NH3+])Cc3cccc(C#N)c3)sc12.[Cl-]. The molecule has 0 aliphatic rings. The largest absolute Gasteiger partial charge is 1.00 e. The number of nitrogens with zero attached hydrogens (tertiary/aromatic N) is 3. The number of fused-ring (bicyclic) bond motifs is 1. The van der Waals surface area contributed by atoms with Gasteiger partial charge < -0.3 is 27.8 Å². The lowest BCUT2D eigenvalue weighted by molar-refractivity contribution is -0.425. The molecule has 3 rings (SSSR count). The summed E-state index contributed by atoms with van der Waals surface area (Å²) in [6.45, 7) is 1.52. The fraction of sp³-hybridized carbons (Fsp3) is 0.300. The summed E-state index contributed by atoms with van der Waals surface area (Å²) in [4.78, 5) is 7.00. The summed E-state index contributed by atoms with van der Waals surface area (Å²) in [7, 11) is 3.79. The van der Waals surface area contributed by atoms with Crippen molar-refractivity contribution in [1.82, 2.24) is 4.98 Å². The number of thiazole rings is 1. The average molecular weight is 403 g/mol. The van der Waals surface area contributed by atoms with Gasteiger partial charge >= 0.3 is 0 Å². The van der Waals surface area contributed by atoms with Gasteiger partial charge in [-0.1, -0.05) is 18.2 Å². The fourth-order valence-electron chi connectivity index (χ4n) is 2.92. The molecule has 7 heteroatoms. The molecule has 1 atom stereocenters. The van der Waals surface area contributed by atoms with E-state index in [1.165, 1.54) is 10.4 Å². The molecule has 0 fully saturated rings. The zero-order valence-electron chi connectivity index (χ0n) is 15.5. The molecule has 142 valence electrons. The highest BCUT2D eigenvalue weighted by Crippen LogP contribution is 2.33. The maximum atomic E-state index is 9.06. The number of halogens is 1. The Balaban J connectivity index is 0.00000261. The van der Waals surface area contributed by atoms with Gasteiger partial charge in [0, 0.05) is 27.1 Å². The van der Waals surface area contributed by atoms with Crippen LogP contribution in [0.1, 0.15) is 22.2 Å². The van der Waals surface area contributed by atoms with Gasteiger partial charge in [-0.05, 0) is 29.8 Å². The summed E-state index contributed by atoms with van der Waals surface area (Å²) in [6.07, 6.45) is 0.768. The summed E-state index contributed by atoms with van der Waals surface area (Å²) in [5.74, 6) is 0. The first-order chi connectivity index (χ1) is 12.6. The maximum Gasteiger partial charge on any atom is 0.152 e. The molecule has 1 heterocycles. The second-order valence-electron chi connectivity index (χ2n) is 6.31. The Bertz CT molecular complexity index is 937. The summed E-state index contributed by atoms with van der Waals surface area (Å²) < 4.78 is 6.37. The molecule has 3 aromatic rings. The maximum absolute atomic E-state index is 9.06. The number of rotatable bonds is 7. The van der Waals surface area contributed by atoms with Gasteiger partial charge in [-0.3, -0.25) is 0 Å². The summed E-state index contributed by atoms with van der Waals surface area (Å²) >= 11 is 1.70. The molecule has 0 saturated carbocycles. The minimum absolute atomic E-state index is 0. The van der Waals surface area contributed by atoms with E-state index in [9.17, 15) is 0 Å². The normalized spacial score (nSPS) is 11.6. The average Bonchev–Trinajstić information content (AvgIpc) is 3.10. The highest BCUT2D eigenvalue weighted by Gasteiger charge is 2.18. The number of nitriles is 1. The predicted octanol–water partition coefficient (Wildman–Crippen LogP) is -0.220. The minimum Gasteiger partial charge on any atom is -1.00 e. The number of anilines is 1. The van der Waals surface area contributed by atoms with E-state index >= 15 is 0 Å². The van der Waals surface area contributed by atoms with E-state index in [0.717, 1.165) is 29.1 Å². The molecular weight excluding hydrogens is 380 g/mol. The molecule has 0 spiro atoms. The highest BCUT2D eigenvalue weighted by atomic mass is 35.5. The molecule has 5 nitrogen and oxygen atoms in total. The Hall–Kier alpha value is -2.17. The Labute approximate surface area is 169 Å². The first-order valence-electron chi connectivity index (χ1n) is 8.54. The number of hydrogen-bond acceptors (Lipinski definition) is 5. The number of hydrogen-bond donors (Lipinski definition) is 1. The number of aromatic nitrogens is 1. The van der Waals surface area contributed by atoms with Crippen LogP contribution in [0.2, 0.25) is 0 Å². The van der Waals surface area contributed by atoms with Gasteiger partial charge in [0.05, 0.1) is 34.1 Å². The summed E-state index contributed by atoms with van der Waals surface area (Å²) in [6, 6.07) is 16.2. The Kier molecular flexibility index (Phi) is 7.57. The van der Waals surface area contributed by atoms with Gasteiger partial charge in [0.15, 0.2) is 5.01 Å². The van der Waals surface area contributed by atoms with Crippen LogP contribution in [0.25, 0.3) is 10.2 Å². The van der Waals surface area contributed by atoms with E-state index in [4.69, 9.17) is 15.0 Å². The number of methoxy groups -OCH3 is 1. The van der Waals surface area contributed by atoms with Crippen LogP contribution < -0.4 is 23.0 Å². The minimum atomic E-state index is 0. The lowest BCUT2D eigenvalue weighted by Gasteiger charge is -2.19. The molecule has 0 bridgehead atoms. The van der Waals surface area contributed by atoms with E-state index < -0.39 is 0 Å². The van der Waals surface area contributed by atoms with E-state index in [1.807, 2.05) is 36.4 Å². The third-order valence-corrected chi connectivity index (χ3v) is 5.60. The van der Waals surface area contributed by atoms with Gasteiger partial charge in [-0.25, -0.2) is 4.98 Å². The van der Waals surface area contributed by atoms with Crippen LogP contribution in [0.4, 0.5) is 5.69 Å². The summed E-state index contributed by atoms with van der Waals surface area (Å²) in [5.41, 5.74) is 8.28. The van der Waals surface area contributed by atoms with Crippen LogP contribution >= 0.6 is 11.3 Å². The molecule has 1 unspecified atom stereocenters. The van der Waals surface area contributed by atoms with Crippen molar-refractivity contribution in [2.75, 3.05) is 32.2 Å². The zero-order valence-corrected chi connectivity index (χ0v) is 17.1. The molecule has 1 aromatic heterocycles. The molecule has 0 saturated heterocycles. The predicted molar refractivity (Wildman–Crippen MR) is 105 cm³/mol. The first-order valence-corrected chi connectivity index (χ1v) is 9.35. The van der Waals surface area contributed by atoms with Crippen molar-refractivity contribution in [3.8, 4) is 6.07 Å². The lowest BCUT2D eigenvalue weighted by atomic mass is 10.0. The van der Waals surface area contributed by atoms with Gasteiger partial charge in [-0.2, -0.15) is 5.26 Å². The Morgan fingerprint density at radius 1 is 1.30 bits per heavy atom. The first kappa shape index (κ1) is 21.1. The van der Waals surface area contributed by atoms with Gasteiger partial charge in [0.25, 0.3) is 0 Å². The standard InChI is InChI=1S/C20H22N4OS.ClH/c1-24(9-10-25-2)18-8-4-7-17-19(18)26-20(23-17)16(22)12-14-5-3-6-15(11-14)13-21;/h3-8,11,16H,9-10,12,22H2,1-2H3;1H. The van der Waals surface area contributed by atoms with Crippen LogP contribution in [0.15, 0.2) is 42.5 Å². The Morgan fingerprint density at radius 2 is 2.07 bits per heavy atom. The van der Waals surface area contributed by atoms with E-state index in [-0.39, 0.29) is 18.4 Å². The number of ether oxygens (including phenoxy) is 1. The van der Waals surface area contributed by atoms with Crippen molar-refractivity contribution in [2.24, 2.45) is 0 Å². The molecule has 0 amide bonds. The van der Waals surface area contributed by atoms with Crippen molar-refractivity contribution in [2.45, 2.75) is 12.5 Å². The van der Waals surface area contributed by atoms with Crippen LogP contribution in [0, 0.1) is 11.3 Å². The zero-order chi connectivity index (χ0) is 18.5. The summed E-state index contributed by atoms with van der Waals surface area (Å²) in [5, 5.41) is 10.1. The van der Waals surface area contributed by atoms with Crippen molar-refractivity contribution >= 4 is 27.2 Å². The molecule has 0 aliphatic heterocycles. The number of likely N-dealkylation sites (N-methyl/N-ethyl adjacent to an activating group) is 1.